The standard InChI is InChI=1S/C17H22N2O2/c1-12-8-13(2)17(14(3)9-12)21-11-16(20)19-6-4-15(10-18)5-7-19/h8-9,15H,4-7,11H2,1-3H3. The minimum Gasteiger partial charge on any atom is -0.483 e. The van der Waals surface area contributed by atoms with Crippen molar-refractivity contribution in [1.82, 2.24) is 4.90 Å². The van der Waals surface area contributed by atoms with E-state index < -0.39 is 0 Å². The number of carbonyl (C=O) groups is 1. The molecule has 0 aromatic heterocycles. The smallest absolute Gasteiger partial charge is 0.260 e. The summed E-state index contributed by atoms with van der Waals surface area (Å²) in [6.07, 6.45) is 1.54. The molecular weight excluding hydrogens is 264 g/mol. The first-order chi connectivity index (χ1) is 10.0. The van der Waals surface area contributed by atoms with E-state index in [2.05, 4.69) is 18.2 Å². The molecule has 0 aliphatic carbocycles. The van der Waals surface area contributed by atoms with Gasteiger partial charge in [-0.15, -0.1) is 0 Å². The van der Waals surface area contributed by atoms with Gasteiger partial charge in [-0.2, -0.15) is 5.26 Å². The number of nitriles is 1. The minimum absolute atomic E-state index is 0.00534. The molecule has 0 radical (unpaired) electrons. The third kappa shape index (κ3) is 3.75. The second-order valence-electron chi connectivity index (χ2n) is 5.80. The van der Waals surface area contributed by atoms with Gasteiger partial charge in [0, 0.05) is 19.0 Å². The monoisotopic (exact) mass is 286 g/mol. The summed E-state index contributed by atoms with van der Waals surface area (Å²) < 4.78 is 5.73. The second kappa shape index (κ2) is 6.62. The fourth-order valence-electron chi connectivity index (χ4n) is 2.88. The van der Waals surface area contributed by atoms with Crippen molar-refractivity contribution in [1.29, 1.82) is 5.26 Å². The van der Waals surface area contributed by atoms with Gasteiger partial charge in [-0.05, 0) is 44.7 Å². The molecule has 0 N–H and O–H groups in total. The molecule has 1 aromatic rings. The normalized spacial score (nSPS) is 15.6. The molecular formula is C17H22N2O2. The van der Waals surface area contributed by atoms with Crippen molar-refractivity contribution < 1.29 is 9.53 Å². The molecule has 4 heteroatoms. The maximum atomic E-state index is 12.2. The van der Waals surface area contributed by atoms with Gasteiger partial charge in [-0.25, -0.2) is 0 Å². The topological polar surface area (TPSA) is 53.3 Å². The second-order valence-corrected chi connectivity index (χ2v) is 5.80. The van der Waals surface area contributed by atoms with Gasteiger partial charge in [0.1, 0.15) is 5.75 Å². The van der Waals surface area contributed by atoms with Gasteiger partial charge < -0.3 is 9.64 Å². The highest BCUT2D eigenvalue weighted by molar-refractivity contribution is 5.78. The molecule has 1 aromatic carbocycles. The molecule has 112 valence electrons. The number of hydrogen-bond acceptors (Lipinski definition) is 3. The van der Waals surface area contributed by atoms with Crippen LogP contribution in [0, 0.1) is 38.0 Å². The van der Waals surface area contributed by atoms with Crippen LogP contribution in [0.25, 0.3) is 0 Å². The Balaban J connectivity index is 1.92. The van der Waals surface area contributed by atoms with Crippen LogP contribution in [0.5, 0.6) is 5.75 Å². The van der Waals surface area contributed by atoms with Crippen LogP contribution in [0.3, 0.4) is 0 Å². The van der Waals surface area contributed by atoms with Crippen molar-refractivity contribution in [3.05, 3.63) is 28.8 Å². The molecule has 0 bridgehead atoms. The number of piperidine rings is 1. The molecule has 4 nitrogen and oxygen atoms in total. The van der Waals surface area contributed by atoms with Crippen molar-refractivity contribution >= 4 is 5.91 Å². The molecule has 0 spiro atoms. The van der Waals surface area contributed by atoms with E-state index in [0.29, 0.717) is 13.1 Å². The summed E-state index contributed by atoms with van der Waals surface area (Å²) in [7, 11) is 0. The quantitative estimate of drug-likeness (QED) is 0.858. The van der Waals surface area contributed by atoms with Crippen LogP contribution in [0.1, 0.15) is 29.5 Å². The SMILES string of the molecule is Cc1cc(C)c(OCC(=O)N2CCC(C#N)CC2)c(C)c1. The highest BCUT2D eigenvalue weighted by Crippen LogP contribution is 2.24. The number of benzene rings is 1. The van der Waals surface area contributed by atoms with E-state index in [-0.39, 0.29) is 18.4 Å². The maximum Gasteiger partial charge on any atom is 0.260 e. The number of amides is 1. The maximum absolute atomic E-state index is 12.2. The molecule has 21 heavy (non-hydrogen) atoms. The number of carbonyl (C=O) groups excluding carboxylic acids is 1. The fourth-order valence-corrected chi connectivity index (χ4v) is 2.88. The Morgan fingerprint density at radius 2 is 1.86 bits per heavy atom. The zero-order valence-corrected chi connectivity index (χ0v) is 13.0. The lowest BCUT2D eigenvalue weighted by Crippen LogP contribution is -2.40. The van der Waals surface area contributed by atoms with Crippen LogP contribution < -0.4 is 4.74 Å². The lowest BCUT2D eigenvalue weighted by molar-refractivity contribution is -0.134. The van der Waals surface area contributed by atoms with Crippen molar-refractivity contribution in [2.45, 2.75) is 33.6 Å². The van der Waals surface area contributed by atoms with E-state index in [0.717, 1.165) is 29.7 Å². The lowest BCUT2D eigenvalue weighted by Gasteiger charge is -2.29. The Bertz CT molecular complexity index is 544. The first kappa shape index (κ1) is 15.4. The van der Waals surface area contributed by atoms with E-state index in [1.807, 2.05) is 20.8 Å². The number of nitrogens with zero attached hydrogens (tertiary/aromatic N) is 2. The molecule has 0 unspecified atom stereocenters. The van der Waals surface area contributed by atoms with Gasteiger partial charge in [0.25, 0.3) is 5.91 Å². The number of hydrogen-bond donors (Lipinski definition) is 0. The summed E-state index contributed by atoms with van der Waals surface area (Å²) in [6.45, 7) is 7.44. The number of aryl methyl sites for hydroxylation is 3. The largest absolute Gasteiger partial charge is 0.483 e. The van der Waals surface area contributed by atoms with Gasteiger partial charge in [-0.1, -0.05) is 17.7 Å². The summed E-state index contributed by atoms with van der Waals surface area (Å²) in [5.41, 5.74) is 3.31. The van der Waals surface area contributed by atoms with E-state index in [1.54, 1.807) is 4.90 Å². The Morgan fingerprint density at radius 1 is 1.29 bits per heavy atom. The van der Waals surface area contributed by atoms with Crippen LogP contribution in [0.15, 0.2) is 12.1 Å². The van der Waals surface area contributed by atoms with Crippen LogP contribution >= 0.6 is 0 Å². The van der Waals surface area contributed by atoms with Crippen LogP contribution in [-0.4, -0.2) is 30.5 Å². The van der Waals surface area contributed by atoms with Crippen LogP contribution in [0.2, 0.25) is 0 Å². The molecule has 2 rings (SSSR count). The highest BCUT2D eigenvalue weighted by atomic mass is 16.5. The third-order valence-corrected chi connectivity index (χ3v) is 3.97. The van der Waals surface area contributed by atoms with Gasteiger partial charge in [-0.3, -0.25) is 4.79 Å². The summed E-state index contributed by atoms with van der Waals surface area (Å²) in [6, 6.07) is 6.39. The Morgan fingerprint density at radius 3 is 2.38 bits per heavy atom. The minimum atomic E-state index is 0.00534. The molecule has 1 saturated heterocycles. The number of rotatable bonds is 3. The van der Waals surface area contributed by atoms with E-state index in [4.69, 9.17) is 10.00 Å². The van der Waals surface area contributed by atoms with Gasteiger partial charge >= 0.3 is 0 Å². The van der Waals surface area contributed by atoms with E-state index in [1.165, 1.54) is 5.56 Å². The average molecular weight is 286 g/mol. The molecule has 1 heterocycles. The van der Waals surface area contributed by atoms with Crippen molar-refractivity contribution in [3.8, 4) is 11.8 Å². The Hall–Kier alpha value is -2.02. The summed E-state index contributed by atoms with van der Waals surface area (Å²) >= 11 is 0. The first-order valence-electron chi connectivity index (χ1n) is 7.39. The zero-order valence-electron chi connectivity index (χ0n) is 13.0. The van der Waals surface area contributed by atoms with Crippen molar-refractivity contribution in [2.24, 2.45) is 5.92 Å². The van der Waals surface area contributed by atoms with Gasteiger partial charge in [0.2, 0.25) is 0 Å². The molecule has 0 saturated carbocycles. The predicted molar refractivity (Wildman–Crippen MR) is 81.1 cm³/mol. The zero-order chi connectivity index (χ0) is 15.4. The third-order valence-electron chi connectivity index (χ3n) is 3.97. The summed E-state index contributed by atoms with van der Waals surface area (Å²) in [5.74, 6) is 0.906. The first-order valence-corrected chi connectivity index (χ1v) is 7.39. The molecule has 1 aliphatic rings. The molecule has 0 atom stereocenters. The Labute approximate surface area is 126 Å². The fraction of sp³-hybridized carbons (Fsp3) is 0.529. The van der Waals surface area contributed by atoms with Crippen molar-refractivity contribution in [2.75, 3.05) is 19.7 Å². The predicted octanol–water partition coefficient (Wildman–Crippen LogP) is 2.75. The molecule has 1 fully saturated rings. The summed E-state index contributed by atoms with van der Waals surface area (Å²) in [4.78, 5) is 14.0. The highest BCUT2D eigenvalue weighted by Gasteiger charge is 2.22. The Kier molecular flexibility index (Phi) is 4.85. The molecule has 1 aliphatic heterocycles. The van der Waals surface area contributed by atoms with Crippen LogP contribution in [0.4, 0.5) is 0 Å². The van der Waals surface area contributed by atoms with Gasteiger partial charge in [0.05, 0.1) is 6.07 Å². The number of likely N-dealkylation sites (tertiary alicyclic amines) is 1. The van der Waals surface area contributed by atoms with Crippen molar-refractivity contribution in [3.63, 3.8) is 0 Å². The van der Waals surface area contributed by atoms with E-state index in [9.17, 15) is 4.79 Å². The lowest BCUT2D eigenvalue weighted by atomic mass is 9.99. The number of ether oxygens (including phenoxy) is 1. The molecule has 1 amide bonds. The van der Waals surface area contributed by atoms with Crippen LogP contribution in [-0.2, 0) is 4.79 Å². The van der Waals surface area contributed by atoms with E-state index >= 15 is 0 Å². The summed E-state index contributed by atoms with van der Waals surface area (Å²) in [5, 5.41) is 8.87. The average Bonchev–Trinajstić information content (AvgIpc) is 2.46. The van der Waals surface area contributed by atoms with Gasteiger partial charge in [0.15, 0.2) is 6.61 Å².